The molecule has 4 heterocycles. The van der Waals surface area contributed by atoms with Crippen molar-refractivity contribution in [2.24, 2.45) is 0 Å². The molecule has 0 bridgehead atoms. The number of nitrogens with zero attached hydrogens (tertiary/aromatic N) is 4. The first-order chi connectivity index (χ1) is 24.8. The van der Waals surface area contributed by atoms with Crippen LogP contribution in [0, 0.1) is 0 Å². The van der Waals surface area contributed by atoms with Gasteiger partial charge in [-0.1, -0.05) is 127 Å². The van der Waals surface area contributed by atoms with Crippen LogP contribution in [0.25, 0.3) is 110 Å². The molecule has 0 radical (unpaired) electrons. The molecule has 230 valence electrons. The first-order valence-electron chi connectivity index (χ1n) is 17.1. The number of benzene rings is 8. The summed E-state index contributed by atoms with van der Waals surface area (Å²) in [4.78, 5) is 11.0. The Hall–Kier alpha value is -6.78. The number of hydrogen-bond acceptors (Lipinski definition) is 2. The van der Waals surface area contributed by atoms with Crippen LogP contribution < -0.4 is 0 Å². The molecule has 4 aromatic heterocycles. The van der Waals surface area contributed by atoms with Crippen LogP contribution >= 0.6 is 0 Å². The molecule has 0 aliphatic rings. The molecule has 0 amide bonds. The number of para-hydroxylation sites is 2. The Labute approximate surface area is 285 Å². The predicted octanol–water partition coefficient (Wildman–Crippen LogP) is 11.9. The minimum absolute atomic E-state index is 0.672. The predicted molar refractivity (Wildman–Crippen MR) is 209 cm³/mol. The Kier molecular flexibility index (Phi) is 4.94. The largest absolute Gasteiger partial charge is 0.308 e. The topological polar surface area (TPSA) is 35.1 Å². The van der Waals surface area contributed by atoms with Gasteiger partial charge >= 0.3 is 0 Å². The molecule has 12 rings (SSSR count). The van der Waals surface area contributed by atoms with E-state index in [0.717, 1.165) is 44.0 Å². The van der Waals surface area contributed by atoms with E-state index in [-0.39, 0.29) is 0 Å². The molecule has 12 aromatic rings. The van der Waals surface area contributed by atoms with Crippen LogP contribution in [0.5, 0.6) is 0 Å². The van der Waals surface area contributed by atoms with Crippen LogP contribution in [0.2, 0.25) is 0 Å². The van der Waals surface area contributed by atoms with Crippen molar-refractivity contribution in [3.8, 4) is 17.2 Å². The minimum atomic E-state index is 0.672. The lowest BCUT2D eigenvalue weighted by Crippen LogP contribution is -2.04. The van der Waals surface area contributed by atoms with Crippen LogP contribution in [-0.4, -0.2) is 18.9 Å². The number of hydrogen-bond donors (Lipinski definition) is 0. The van der Waals surface area contributed by atoms with E-state index in [2.05, 4.69) is 167 Å². The van der Waals surface area contributed by atoms with Gasteiger partial charge in [0.2, 0.25) is 5.95 Å². The van der Waals surface area contributed by atoms with Crippen LogP contribution in [0.1, 0.15) is 0 Å². The summed E-state index contributed by atoms with van der Waals surface area (Å²) in [6.07, 6.45) is 0. The zero-order chi connectivity index (χ0) is 32.5. The molecule has 0 saturated carbocycles. The Morgan fingerprint density at radius 3 is 1.82 bits per heavy atom. The van der Waals surface area contributed by atoms with Gasteiger partial charge in [-0.25, -0.2) is 9.97 Å². The fourth-order valence-corrected chi connectivity index (χ4v) is 8.74. The average molecular weight is 635 g/mol. The molecule has 0 saturated heterocycles. The van der Waals surface area contributed by atoms with Crippen molar-refractivity contribution in [1.82, 2.24) is 18.9 Å². The molecule has 0 aliphatic heterocycles. The van der Waals surface area contributed by atoms with Crippen LogP contribution in [-0.2, 0) is 0 Å². The summed E-state index contributed by atoms with van der Waals surface area (Å²) in [5, 5.41) is 13.2. The van der Waals surface area contributed by atoms with Gasteiger partial charge in [0.15, 0.2) is 0 Å². The summed E-state index contributed by atoms with van der Waals surface area (Å²) in [6.45, 7) is 0. The maximum absolute atomic E-state index is 5.51. The SMILES string of the molecule is c1ccc(-c2nc(-n3c4ccccc4c4cc5c6ccccc6n6c7ccc8ccccc8c7c(c43)c56)nc3c2ccc2ccccc23)cc1. The molecule has 0 unspecified atom stereocenters. The Bertz CT molecular complexity index is 3370. The third kappa shape index (κ3) is 3.25. The Morgan fingerprint density at radius 1 is 0.380 bits per heavy atom. The number of aromatic nitrogens is 4. The van der Waals surface area contributed by atoms with Crippen LogP contribution in [0.15, 0.2) is 158 Å². The van der Waals surface area contributed by atoms with Crippen molar-refractivity contribution in [3.05, 3.63) is 158 Å². The molecular weight excluding hydrogens is 609 g/mol. The van der Waals surface area contributed by atoms with Crippen molar-refractivity contribution in [2.45, 2.75) is 0 Å². The van der Waals surface area contributed by atoms with Crippen molar-refractivity contribution in [3.63, 3.8) is 0 Å². The van der Waals surface area contributed by atoms with E-state index in [1.54, 1.807) is 0 Å². The highest BCUT2D eigenvalue weighted by molar-refractivity contribution is 6.37. The summed E-state index contributed by atoms with van der Waals surface area (Å²) in [5.74, 6) is 0.672. The maximum atomic E-state index is 5.51. The van der Waals surface area contributed by atoms with Gasteiger partial charge < -0.3 is 4.40 Å². The zero-order valence-electron chi connectivity index (χ0n) is 26.8. The highest BCUT2D eigenvalue weighted by atomic mass is 15.2. The summed E-state index contributed by atoms with van der Waals surface area (Å²) < 4.78 is 4.82. The third-order valence-electron chi connectivity index (χ3n) is 10.8. The van der Waals surface area contributed by atoms with Crippen LogP contribution in [0.3, 0.4) is 0 Å². The maximum Gasteiger partial charge on any atom is 0.235 e. The second-order valence-corrected chi connectivity index (χ2v) is 13.4. The van der Waals surface area contributed by atoms with E-state index >= 15 is 0 Å². The van der Waals surface area contributed by atoms with E-state index in [0.29, 0.717) is 5.95 Å². The second kappa shape index (κ2) is 9.43. The lowest BCUT2D eigenvalue weighted by molar-refractivity contribution is 1.02. The summed E-state index contributed by atoms with van der Waals surface area (Å²) in [5.41, 5.74) is 8.86. The van der Waals surface area contributed by atoms with Gasteiger partial charge in [0.25, 0.3) is 0 Å². The summed E-state index contributed by atoms with van der Waals surface area (Å²) in [6, 6.07) is 56.7. The fraction of sp³-hybridized carbons (Fsp3) is 0. The third-order valence-corrected chi connectivity index (χ3v) is 10.8. The van der Waals surface area contributed by atoms with Crippen molar-refractivity contribution in [2.75, 3.05) is 0 Å². The second-order valence-electron chi connectivity index (χ2n) is 13.4. The number of rotatable bonds is 2. The zero-order valence-corrected chi connectivity index (χ0v) is 26.8. The smallest absolute Gasteiger partial charge is 0.235 e. The highest BCUT2D eigenvalue weighted by Gasteiger charge is 2.26. The Morgan fingerprint density at radius 2 is 1.00 bits per heavy atom. The monoisotopic (exact) mass is 634 g/mol. The van der Waals surface area contributed by atoms with E-state index < -0.39 is 0 Å². The first-order valence-corrected chi connectivity index (χ1v) is 17.1. The molecule has 0 fully saturated rings. The molecule has 4 nitrogen and oxygen atoms in total. The van der Waals surface area contributed by atoms with E-state index in [9.17, 15) is 0 Å². The van der Waals surface area contributed by atoms with Crippen molar-refractivity contribution in [1.29, 1.82) is 0 Å². The van der Waals surface area contributed by atoms with Gasteiger partial charge in [0.1, 0.15) is 0 Å². The lowest BCUT2D eigenvalue weighted by atomic mass is 9.99. The molecule has 8 aromatic carbocycles. The van der Waals surface area contributed by atoms with E-state index in [4.69, 9.17) is 9.97 Å². The van der Waals surface area contributed by atoms with Crippen LogP contribution in [0.4, 0.5) is 0 Å². The van der Waals surface area contributed by atoms with Gasteiger partial charge in [-0.05, 0) is 46.5 Å². The molecule has 0 aliphatic carbocycles. The summed E-state index contributed by atoms with van der Waals surface area (Å²) >= 11 is 0. The molecule has 50 heavy (non-hydrogen) atoms. The summed E-state index contributed by atoms with van der Waals surface area (Å²) in [7, 11) is 0. The minimum Gasteiger partial charge on any atom is -0.308 e. The van der Waals surface area contributed by atoms with Gasteiger partial charge in [0, 0.05) is 48.7 Å². The van der Waals surface area contributed by atoms with E-state index in [1.165, 1.54) is 59.6 Å². The molecule has 0 spiro atoms. The van der Waals surface area contributed by atoms with Crippen molar-refractivity contribution < 1.29 is 0 Å². The first kappa shape index (κ1) is 26.2. The van der Waals surface area contributed by atoms with Gasteiger partial charge in [-0.3, -0.25) is 4.57 Å². The number of fused-ring (bicyclic) bond motifs is 15. The lowest BCUT2D eigenvalue weighted by Gasteiger charge is -2.14. The molecular formula is C46H26N4. The normalized spacial score (nSPS) is 12.4. The van der Waals surface area contributed by atoms with Crippen molar-refractivity contribution >= 4 is 92.3 Å². The van der Waals surface area contributed by atoms with Gasteiger partial charge in [-0.15, -0.1) is 0 Å². The molecule has 0 N–H and O–H groups in total. The Balaban J connectivity index is 1.37. The fourth-order valence-electron chi connectivity index (χ4n) is 8.74. The van der Waals surface area contributed by atoms with E-state index in [1.807, 2.05) is 0 Å². The molecule has 0 atom stereocenters. The standard InChI is InChI=1S/C46H26N4/c1-2-14-29(15-3-1)42-34-24-22-28-13-5-7-17-31(28)43(34)48-46(47-42)50-38-21-11-9-19-33(38)36-26-35-32-18-8-10-20-37(32)49-39-25-23-27-12-4-6-16-30(27)40(39)41(44(35)49)45(36)50/h1-26H. The van der Waals surface area contributed by atoms with Gasteiger partial charge in [-0.2, -0.15) is 0 Å². The van der Waals surface area contributed by atoms with Gasteiger partial charge in [0.05, 0.1) is 38.8 Å². The highest BCUT2D eigenvalue weighted by Crippen LogP contribution is 2.48. The average Bonchev–Trinajstić information content (AvgIpc) is 3.82. The quantitative estimate of drug-likeness (QED) is 0.177. The molecule has 4 heteroatoms.